The van der Waals surface area contributed by atoms with E-state index in [1.807, 2.05) is 0 Å². The van der Waals surface area contributed by atoms with Crippen molar-refractivity contribution in [3.05, 3.63) is 35.4 Å². The van der Waals surface area contributed by atoms with Gasteiger partial charge < -0.3 is 10.2 Å². The van der Waals surface area contributed by atoms with Gasteiger partial charge in [-0.05, 0) is 48.9 Å². The molecule has 0 bridgehead atoms. The van der Waals surface area contributed by atoms with Crippen molar-refractivity contribution in [3.63, 3.8) is 0 Å². The molecule has 0 spiro atoms. The number of piperazine rings is 1. The molecular formula is C22H37N3. The fourth-order valence-corrected chi connectivity index (χ4v) is 4.38. The minimum atomic E-state index is 0.226. The lowest BCUT2D eigenvalue weighted by atomic mass is 9.86. The smallest absolute Gasteiger partial charge is 0.0479 e. The lowest BCUT2D eigenvalue weighted by Gasteiger charge is -2.43. The summed E-state index contributed by atoms with van der Waals surface area (Å²) in [7, 11) is 0. The molecule has 25 heavy (non-hydrogen) atoms. The molecule has 0 radical (unpaired) electrons. The summed E-state index contributed by atoms with van der Waals surface area (Å²) in [6, 6.07) is 10.7. The SMILES string of the molecule is CCC1CNCCN1C(CN1CCCC1)c1ccc(C(C)(C)C)cc1. The molecule has 1 aromatic carbocycles. The van der Waals surface area contributed by atoms with Gasteiger partial charge >= 0.3 is 0 Å². The van der Waals surface area contributed by atoms with E-state index in [1.54, 1.807) is 0 Å². The Bertz CT molecular complexity index is 525. The number of likely N-dealkylation sites (tertiary alicyclic amines) is 1. The largest absolute Gasteiger partial charge is 0.314 e. The molecule has 2 saturated heterocycles. The second-order valence-corrected chi connectivity index (χ2v) is 8.90. The Morgan fingerprint density at radius 3 is 2.36 bits per heavy atom. The monoisotopic (exact) mass is 343 g/mol. The minimum Gasteiger partial charge on any atom is -0.314 e. The van der Waals surface area contributed by atoms with Gasteiger partial charge in [0.15, 0.2) is 0 Å². The normalized spacial score (nSPS) is 24.6. The highest BCUT2D eigenvalue weighted by atomic mass is 15.3. The molecule has 0 saturated carbocycles. The van der Waals surface area contributed by atoms with Crippen LogP contribution in [0.4, 0.5) is 0 Å². The molecule has 2 fully saturated rings. The number of nitrogens with one attached hydrogen (secondary N) is 1. The summed E-state index contributed by atoms with van der Waals surface area (Å²) in [4.78, 5) is 5.46. The summed E-state index contributed by atoms with van der Waals surface area (Å²) >= 11 is 0. The highest BCUT2D eigenvalue weighted by Gasteiger charge is 2.31. The lowest BCUT2D eigenvalue weighted by Crippen LogP contribution is -2.53. The van der Waals surface area contributed by atoms with E-state index in [0.29, 0.717) is 12.1 Å². The third-order valence-corrected chi connectivity index (χ3v) is 6.06. The third-order valence-electron chi connectivity index (χ3n) is 6.06. The number of hydrogen-bond acceptors (Lipinski definition) is 3. The Balaban J connectivity index is 1.84. The van der Waals surface area contributed by atoms with Gasteiger partial charge in [0.25, 0.3) is 0 Å². The first-order chi connectivity index (χ1) is 12.0. The fraction of sp³-hybridized carbons (Fsp3) is 0.727. The maximum Gasteiger partial charge on any atom is 0.0479 e. The second kappa shape index (κ2) is 8.20. The molecule has 2 unspecified atom stereocenters. The third kappa shape index (κ3) is 4.64. The quantitative estimate of drug-likeness (QED) is 0.877. The Morgan fingerprint density at radius 2 is 1.76 bits per heavy atom. The van der Waals surface area contributed by atoms with Gasteiger partial charge in [0.1, 0.15) is 0 Å². The Hall–Kier alpha value is -0.900. The maximum absolute atomic E-state index is 3.59. The van der Waals surface area contributed by atoms with Crippen LogP contribution in [0.1, 0.15) is 64.1 Å². The minimum absolute atomic E-state index is 0.226. The maximum atomic E-state index is 3.59. The molecule has 3 nitrogen and oxygen atoms in total. The number of benzene rings is 1. The van der Waals surface area contributed by atoms with Crippen LogP contribution in [0.3, 0.4) is 0 Å². The first kappa shape index (κ1) is 18.9. The topological polar surface area (TPSA) is 18.5 Å². The summed E-state index contributed by atoms with van der Waals surface area (Å²) in [5.74, 6) is 0. The average molecular weight is 344 g/mol. The van der Waals surface area contributed by atoms with Crippen molar-refractivity contribution in [1.29, 1.82) is 0 Å². The van der Waals surface area contributed by atoms with Crippen molar-refractivity contribution in [2.24, 2.45) is 0 Å². The van der Waals surface area contributed by atoms with Crippen molar-refractivity contribution in [1.82, 2.24) is 15.1 Å². The molecule has 140 valence electrons. The molecule has 1 aromatic rings. The van der Waals surface area contributed by atoms with Crippen LogP contribution in [0, 0.1) is 0 Å². The summed E-state index contributed by atoms with van der Waals surface area (Å²) in [5, 5.41) is 3.59. The van der Waals surface area contributed by atoms with E-state index in [9.17, 15) is 0 Å². The fourth-order valence-electron chi connectivity index (χ4n) is 4.38. The first-order valence-corrected chi connectivity index (χ1v) is 10.3. The van der Waals surface area contributed by atoms with E-state index in [4.69, 9.17) is 0 Å². The highest BCUT2D eigenvalue weighted by Crippen LogP contribution is 2.30. The van der Waals surface area contributed by atoms with Gasteiger partial charge in [-0.1, -0.05) is 52.0 Å². The summed E-state index contributed by atoms with van der Waals surface area (Å²) < 4.78 is 0. The zero-order chi connectivity index (χ0) is 17.9. The van der Waals surface area contributed by atoms with E-state index in [-0.39, 0.29) is 5.41 Å². The van der Waals surface area contributed by atoms with Crippen LogP contribution in [-0.4, -0.2) is 55.1 Å². The standard InChI is InChI=1S/C22H37N3/c1-5-20-16-23-12-15-25(20)21(17-24-13-6-7-14-24)18-8-10-19(11-9-18)22(2,3)4/h8-11,20-21,23H,5-7,12-17H2,1-4H3. The molecule has 2 aliphatic rings. The van der Waals surface area contributed by atoms with E-state index in [1.165, 1.54) is 50.0 Å². The van der Waals surface area contributed by atoms with Crippen molar-refractivity contribution in [2.45, 2.75) is 64.5 Å². The van der Waals surface area contributed by atoms with Gasteiger partial charge in [0.2, 0.25) is 0 Å². The molecule has 0 aliphatic carbocycles. The van der Waals surface area contributed by atoms with Crippen LogP contribution in [-0.2, 0) is 5.41 Å². The molecule has 0 amide bonds. The Morgan fingerprint density at radius 1 is 1.08 bits per heavy atom. The molecule has 2 heterocycles. The van der Waals surface area contributed by atoms with Crippen molar-refractivity contribution in [2.75, 3.05) is 39.3 Å². The molecule has 3 heteroatoms. The zero-order valence-electron chi connectivity index (χ0n) is 16.7. The zero-order valence-corrected chi connectivity index (χ0v) is 16.7. The second-order valence-electron chi connectivity index (χ2n) is 8.90. The number of rotatable bonds is 5. The summed E-state index contributed by atoms with van der Waals surface area (Å²) in [6.07, 6.45) is 3.96. The van der Waals surface area contributed by atoms with Crippen molar-refractivity contribution < 1.29 is 0 Å². The molecule has 1 N–H and O–H groups in total. The Kier molecular flexibility index (Phi) is 6.19. The van der Waals surface area contributed by atoms with Gasteiger partial charge in [-0.2, -0.15) is 0 Å². The van der Waals surface area contributed by atoms with Crippen molar-refractivity contribution >= 4 is 0 Å². The van der Waals surface area contributed by atoms with E-state index in [2.05, 4.69) is 67.1 Å². The molecule has 3 rings (SSSR count). The number of hydrogen-bond donors (Lipinski definition) is 1. The van der Waals surface area contributed by atoms with Gasteiger partial charge in [0.05, 0.1) is 0 Å². The van der Waals surface area contributed by atoms with Crippen LogP contribution in [0.25, 0.3) is 0 Å². The van der Waals surface area contributed by atoms with Crippen molar-refractivity contribution in [3.8, 4) is 0 Å². The van der Waals surface area contributed by atoms with E-state index in [0.717, 1.165) is 19.6 Å². The summed E-state index contributed by atoms with van der Waals surface area (Å²) in [6.45, 7) is 16.4. The van der Waals surface area contributed by atoms with Gasteiger partial charge in [-0.25, -0.2) is 0 Å². The van der Waals surface area contributed by atoms with Crippen LogP contribution in [0.15, 0.2) is 24.3 Å². The predicted octanol–water partition coefficient (Wildman–Crippen LogP) is 3.80. The van der Waals surface area contributed by atoms with E-state index < -0.39 is 0 Å². The first-order valence-electron chi connectivity index (χ1n) is 10.3. The van der Waals surface area contributed by atoms with Crippen LogP contribution >= 0.6 is 0 Å². The van der Waals surface area contributed by atoms with Crippen LogP contribution in [0.5, 0.6) is 0 Å². The molecule has 2 atom stereocenters. The Labute approximate surface area is 154 Å². The average Bonchev–Trinajstić information content (AvgIpc) is 3.12. The van der Waals surface area contributed by atoms with E-state index >= 15 is 0 Å². The lowest BCUT2D eigenvalue weighted by molar-refractivity contribution is 0.0798. The molecular weight excluding hydrogens is 306 g/mol. The predicted molar refractivity (Wildman–Crippen MR) is 107 cm³/mol. The van der Waals surface area contributed by atoms with Gasteiger partial charge in [-0.3, -0.25) is 4.90 Å². The van der Waals surface area contributed by atoms with Crippen LogP contribution < -0.4 is 5.32 Å². The van der Waals surface area contributed by atoms with Crippen LogP contribution in [0.2, 0.25) is 0 Å². The van der Waals surface area contributed by atoms with Gasteiger partial charge in [0, 0.05) is 38.3 Å². The summed E-state index contributed by atoms with van der Waals surface area (Å²) in [5.41, 5.74) is 3.16. The van der Waals surface area contributed by atoms with Gasteiger partial charge in [-0.15, -0.1) is 0 Å². The number of nitrogens with zero attached hydrogens (tertiary/aromatic N) is 2. The molecule has 2 aliphatic heterocycles. The molecule has 0 aromatic heterocycles. The highest BCUT2D eigenvalue weighted by molar-refractivity contribution is 5.29.